The monoisotopic (exact) mass is 435 g/mol. The number of anilines is 1. The fraction of sp³-hybridized carbons (Fsp3) is 0.0833. The highest BCUT2D eigenvalue weighted by Gasteiger charge is 2.41. The van der Waals surface area contributed by atoms with Crippen LogP contribution in [0.1, 0.15) is 11.1 Å². The molecule has 30 heavy (non-hydrogen) atoms. The molecule has 1 aliphatic heterocycles. The predicted octanol–water partition coefficient (Wildman–Crippen LogP) is 5.73. The molecule has 0 bridgehead atoms. The molecule has 6 heteroatoms. The van der Waals surface area contributed by atoms with Crippen molar-refractivity contribution in [2.24, 2.45) is 0 Å². The lowest BCUT2D eigenvalue weighted by Gasteiger charge is -2.19. The highest BCUT2D eigenvalue weighted by atomic mass is 35.5. The summed E-state index contributed by atoms with van der Waals surface area (Å²) in [5, 5.41) is 0.561. The van der Waals surface area contributed by atoms with Crippen molar-refractivity contribution in [3.8, 4) is 5.75 Å². The molecule has 0 fully saturated rings. The van der Waals surface area contributed by atoms with Gasteiger partial charge < -0.3 is 4.74 Å². The van der Waals surface area contributed by atoms with Crippen molar-refractivity contribution in [2.75, 3.05) is 12.0 Å². The van der Waals surface area contributed by atoms with E-state index in [4.69, 9.17) is 16.3 Å². The average Bonchev–Trinajstić information content (AvgIpc) is 2.99. The highest BCUT2D eigenvalue weighted by Crippen LogP contribution is 2.43. The van der Waals surface area contributed by atoms with Crippen molar-refractivity contribution in [1.82, 2.24) is 0 Å². The molecule has 0 aliphatic carbocycles. The van der Waals surface area contributed by atoms with E-state index >= 15 is 0 Å². The molecule has 0 saturated carbocycles. The molecular weight excluding hydrogens is 418 g/mol. The molecule has 1 aliphatic rings. The van der Waals surface area contributed by atoms with E-state index in [0.717, 1.165) is 10.5 Å². The number of hydrogen-bond donors (Lipinski definition) is 0. The van der Waals surface area contributed by atoms with E-state index < -0.39 is 0 Å². The Morgan fingerprint density at radius 1 is 0.900 bits per heavy atom. The van der Waals surface area contributed by atoms with E-state index in [1.807, 2.05) is 43.3 Å². The number of nitrogens with zero attached hydrogens (tertiary/aromatic N) is 1. The molecule has 0 saturated heterocycles. The highest BCUT2D eigenvalue weighted by molar-refractivity contribution is 8.04. The molecule has 4 rings (SSSR count). The van der Waals surface area contributed by atoms with Crippen LogP contribution in [-0.2, 0) is 9.59 Å². The summed E-state index contributed by atoms with van der Waals surface area (Å²) in [5.74, 6) is -0.295. The summed E-state index contributed by atoms with van der Waals surface area (Å²) in [4.78, 5) is 29.5. The lowest BCUT2D eigenvalue weighted by molar-refractivity contribution is -0.119. The number of carbonyl (C=O) groups is 2. The number of rotatable bonds is 5. The van der Waals surface area contributed by atoms with Gasteiger partial charge in [0.05, 0.1) is 23.3 Å². The zero-order valence-electron chi connectivity index (χ0n) is 16.4. The van der Waals surface area contributed by atoms with Crippen molar-refractivity contribution >= 4 is 46.4 Å². The molecule has 2 amide bonds. The van der Waals surface area contributed by atoms with Crippen molar-refractivity contribution in [3.05, 3.63) is 93.9 Å². The first kappa shape index (κ1) is 20.3. The number of methoxy groups -OCH3 is 1. The Balaban J connectivity index is 1.86. The Morgan fingerprint density at radius 3 is 2.27 bits per heavy atom. The van der Waals surface area contributed by atoms with Crippen LogP contribution < -0.4 is 9.64 Å². The molecule has 0 unspecified atom stereocenters. The van der Waals surface area contributed by atoms with Gasteiger partial charge in [0.15, 0.2) is 0 Å². The number of ether oxygens (including phenoxy) is 1. The topological polar surface area (TPSA) is 46.6 Å². The molecule has 0 aromatic heterocycles. The Morgan fingerprint density at radius 2 is 1.60 bits per heavy atom. The number of halogens is 1. The van der Waals surface area contributed by atoms with Gasteiger partial charge in [-0.3, -0.25) is 9.59 Å². The summed E-state index contributed by atoms with van der Waals surface area (Å²) < 4.78 is 5.43. The second-order valence-electron chi connectivity index (χ2n) is 6.75. The number of imide groups is 1. The van der Waals surface area contributed by atoms with Crippen molar-refractivity contribution in [2.45, 2.75) is 11.8 Å². The third kappa shape index (κ3) is 3.74. The Kier molecular flexibility index (Phi) is 5.66. The van der Waals surface area contributed by atoms with Gasteiger partial charge in [-0.2, -0.15) is 0 Å². The quantitative estimate of drug-likeness (QED) is 0.480. The Hall–Kier alpha value is -3.02. The van der Waals surface area contributed by atoms with Crippen LogP contribution in [0.5, 0.6) is 5.75 Å². The molecule has 0 N–H and O–H groups in total. The van der Waals surface area contributed by atoms with E-state index in [1.54, 1.807) is 36.4 Å². The molecule has 150 valence electrons. The number of aryl methyl sites for hydroxylation is 1. The summed E-state index contributed by atoms with van der Waals surface area (Å²) in [7, 11) is 1.52. The maximum Gasteiger partial charge on any atom is 0.273 e. The fourth-order valence-electron chi connectivity index (χ4n) is 3.28. The summed E-state index contributed by atoms with van der Waals surface area (Å²) in [6.07, 6.45) is 0. The van der Waals surface area contributed by atoms with Gasteiger partial charge in [-0.15, -0.1) is 0 Å². The van der Waals surface area contributed by atoms with E-state index in [1.165, 1.54) is 23.8 Å². The standard InChI is InChI=1S/C24H18ClNO3S/c1-15-8-13-20(29-2)19(14-15)26-23(27)21(16-9-11-17(25)12-10-16)22(24(26)28)30-18-6-4-3-5-7-18/h3-14H,1-2H3. The Labute approximate surface area is 184 Å². The van der Waals surface area contributed by atoms with Crippen LogP contribution in [0.15, 0.2) is 82.6 Å². The first-order chi connectivity index (χ1) is 14.5. The molecule has 0 spiro atoms. The van der Waals surface area contributed by atoms with Gasteiger partial charge in [0.25, 0.3) is 11.8 Å². The molecule has 0 atom stereocenters. The molecule has 4 nitrogen and oxygen atoms in total. The van der Waals surface area contributed by atoms with E-state index in [2.05, 4.69) is 0 Å². The zero-order valence-corrected chi connectivity index (χ0v) is 18.0. The van der Waals surface area contributed by atoms with E-state index in [0.29, 0.717) is 32.5 Å². The summed E-state index contributed by atoms with van der Waals surface area (Å²) in [6.45, 7) is 1.90. The first-order valence-corrected chi connectivity index (χ1v) is 10.5. The third-order valence-electron chi connectivity index (χ3n) is 4.71. The number of hydrogen-bond acceptors (Lipinski definition) is 4. The van der Waals surface area contributed by atoms with Gasteiger partial charge in [-0.1, -0.05) is 59.8 Å². The second-order valence-corrected chi connectivity index (χ2v) is 8.27. The molecular formula is C24H18ClNO3S. The van der Waals surface area contributed by atoms with Crippen LogP contribution in [0, 0.1) is 6.92 Å². The summed E-state index contributed by atoms with van der Waals surface area (Å²) >= 11 is 7.31. The molecule has 1 heterocycles. The van der Waals surface area contributed by atoms with Gasteiger partial charge >= 0.3 is 0 Å². The maximum atomic E-state index is 13.5. The minimum absolute atomic E-state index is 0.356. The van der Waals surface area contributed by atoms with Gasteiger partial charge in [0.2, 0.25) is 0 Å². The lowest BCUT2D eigenvalue weighted by Crippen LogP contribution is -2.31. The predicted molar refractivity (Wildman–Crippen MR) is 121 cm³/mol. The normalized spacial score (nSPS) is 13.9. The third-order valence-corrected chi connectivity index (χ3v) is 6.06. The molecule has 3 aromatic carbocycles. The fourth-order valence-corrected chi connectivity index (χ4v) is 4.42. The van der Waals surface area contributed by atoms with Gasteiger partial charge in [-0.25, -0.2) is 4.90 Å². The Bertz CT molecular complexity index is 1160. The number of benzene rings is 3. The average molecular weight is 436 g/mol. The largest absolute Gasteiger partial charge is 0.495 e. The van der Waals surface area contributed by atoms with Crippen molar-refractivity contribution in [3.63, 3.8) is 0 Å². The van der Waals surface area contributed by atoms with E-state index in [9.17, 15) is 9.59 Å². The van der Waals surface area contributed by atoms with E-state index in [-0.39, 0.29) is 11.8 Å². The SMILES string of the molecule is COc1ccc(C)cc1N1C(=O)C(Sc2ccccc2)=C(c2ccc(Cl)cc2)C1=O. The summed E-state index contributed by atoms with van der Waals surface area (Å²) in [5.41, 5.74) is 2.35. The lowest BCUT2D eigenvalue weighted by atomic mass is 10.1. The first-order valence-electron chi connectivity index (χ1n) is 9.26. The van der Waals surface area contributed by atoms with Gasteiger partial charge in [0, 0.05) is 9.92 Å². The number of thioether (sulfide) groups is 1. The van der Waals surface area contributed by atoms with Crippen LogP contribution >= 0.6 is 23.4 Å². The number of amides is 2. The minimum Gasteiger partial charge on any atom is -0.495 e. The van der Waals surface area contributed by atoms with Crippen LogP contribution in [0.25, 0.3) is 5.57 Å². The van der Waals surface area contributed by atoms with Gasteiger partial charge in [0.1, 0.15) is 5.75 Å². The summed E-state index contributed by atoms with van der Waals surface area (Å²) in [6, 6.07) is 21.9. The minimum atomic E-state index is -0.385. The maximum absolute atomic E-state index is 13.5. The van der Waals surface area contributed by atoms with Crippen LogP contribution in [0.2, 0.25) is 5.02 Å². The van der Waals surface area contributed by atoms with Gasteiger partial charge in [-0.05, 0) is 54.4 Å². The zero-order chi connectivity index (χ0) is 21.3. The van der Waals surface area contributed by atoms with Crippen LogP contribution in [0.3, 0.4) is 0 Å². The van der Waals surface area contributed by atoms with Crippen molar-refractivity contribution in [1.29, 1.82) is 0 Å². The molecule has 0 radical (unpaired) electrons. The number of carbonyl (C=O) groups excluding carboxylic acids is 2. The molecule has 3 aromatic rings. The second kappa shape index (κ2) is 8.38. The van der Waals surface area contributed by atoms with Crippen LogP contribution in [0.4, 0.5) is 5.69 Å². The smallest absolute Gasteiger partial charge is 0.273 e. The van der Waals surface area contributed by atoms with Crippen LogP contribution in [-0.4, -0.2) is 18.9 Å². The van der Waals surface area contributed by atoms with Crippen molar-refractivity contribution < 1.29 is 14.3 Å².